The summed E-state index contributed by atoms with van der Waals surface area (Å²) in [5, 5.41) is 3.12. The van der Waals surface area contributed by atoms with Gasteiger partial charge in [-0.2, -0.15) is 0 Å². The molecular formula is C8H6N4O. The molecule has 0 unspecified atom stereocenters. The molecular weight excluding hydrogens is 168 g/mol. The molecule has 0 radical (unpaired) electrons. The number of anilines is 2. The molecule has 5 nitrogen and oxygen atoms in total. The zero-order valence-electron chi connectivity index (χ0n) is 6.64. The van der Waals surface area contributed by atoms with Crippen LogP contribution in [0.4, 0.5) is 11.5 Å². The molecule has 0 fully saturated rings. The van der Waals surface area contributed by atoms with E-state index in [0.717, 1.165) is 17.3 Å². The third kappa shape index (κ3) is 0.807. The molecule has 1 aromatic rings. The van der Waals surface area contributed by atoms with Gasteiger partial charge in [-0.05, 0) is 0 Å². The summed E-state index contributed by atoms with van der Waals surface area (Å²) in [5.74, 6) is 1.71. The van der Waals surface area contributed by atoms with Crippen LogP contribution in [0.5, 0.6) is 0 Å². The average molecular weight is 174 g/mol. The van der Waals surface area contributed by atoms with Crippen LogP contribution < -0.4 is 10.2 Å². The second kappa shape index (κ2) is 2.22. The fraction of sp³-hybridized carbons (Fsp3) is 0. The smallest absolute Gasteiger partial charge is 0.165 e. The van der Waals surface area contributed by atoms with Crippen molar-refractivity contribution in [3.05, 3.63) is 37.1 Å². The van der Waals surface area contributed by atoms with Crippen LogP contribution in [0.15, 0.2) is 37.1 Å². The molecule has 1 N–H and O–H groups in total. The molecule has 2 aliphatic heterocycles. The number of hydrogen-bond acceptors (Lipinski definition) is 5. The van der Waals surface area contributed by atoms with Crippen LogP contribution in [-0.4, -0.2) is 9.97 Å². The molecule has 0 aromatic carbocycles. The first-order valence-corrected chi connectivity index (χ1v) is 3.84. The van der Waals surface area contributed by atoms with E-state index in [1.54, 1.807) is 24.9 Å². The van der Waals surface area contributed by atoms with Gasteiger partial charge in [0, 0.05) is 6.20 Å². The van der Waals surface area contributed by atoms with Crippen molar-refractivity contribution in [2.75, 3.05) is 10.2 Å². The van der Waals surface area contributed by atoms with Crippen LogP contribution >= 0.6 is 0 Å². The molecule has 13 heavy (non-hydrogen) atoms. The molecule has 5 heteroatoms. The summed E-state index contributed by atoms with van der Waals surface area (Å²) < 4.78 is 5.02. The molecule has 0 amide bonds. The summed E-state index contributed by atoms with van der Waals surface area (Å²) in [6.07, 6.45) is 8.29. The van der Waals surface area contributed by atoms with Crippen molar-refractivity contribution in [3.8, 4) is 0 Å². The van der Waals surface area contributed by atoms with Crippen LogP contribution in [0, 0.1) is 0 Å². The van der Waals surface area contributed by atoms with Gasteiger partial charge in [-0.25, -0.2) is 9.97 Å². The van der Waals surface area contributed by atoms with Crippen LogP contribution in [0.1, 0.15) is 0 Å². The predicted octanol–water partition coefficient (Wildman–Crippen LogP) is 1.01. The number of aromatic nitrogens is 2. The largest absolute Gasteiger partial charge is 0.467 e. The normalized spacial score (nSPS) is 16.9. The zero-order valence-corrected chi connectivity index (χ0v) is 6.64. The zero-order chi connectivity index (χ0) is 8.67. The lowest BCUT2D eigenvalue weighted by atomic mass is 10.5. The number of rotatable bonds is 0. The van der Waals surface area contributed by atoms with Crippen molar-refractivity contribution < 1.29 is 4.74 Å². The quantitative estimate of drug-likeness (QED) is 0.636. The number of nitrogens with one attached hydrogen (secondary N) is 1. The number of hydrogen-bond donors (Lipinski definition) is 1. The number of nitrogens with zero attached hydrogens (tertiary/aromatic N) is 3. The Bertz CT molecular complexity index is 412. The van der Waals surface area contributed by atoms with Gasteiger partial charge in [-0.15, -0.1) is 0 Å². The van der Waals surface area contributed by atoms with Crippen LogP contribution in [0.2, 0.25) is 0 Å². The number of fused-ring (bicyclic) bond motifs is 3. The Morgan fingerprint density at radius 1 is 1.46 bits per heavy atom. The van der Waals surface area contributed by atoms with Gasteiger partial charge in [0.25, 0.3) is 0 Å². The first-order chi connectivity index (χ1) is 6.45. The molecule has 3 rings (SSSR count). The van der Waals surface area contributed by atoms with E-state index >= 15 is 0 Å². The molecule has 0 spiro atoms. The molecule has 2 aliphatic rings. The van der Waals surface area contributed by atoms with Crippen LogP contribution in [0.3, 0.4) is 0 Å². The monoisotopic (exact) mass is 174 g/mol. The molecule has 0 saturated heterocycles. The highest BCUT2D eigenvalue weighted by Crippen LogP contribution is 2.34. The van der Waals surface area contributed by atoms with Gasteiger partial charge >= 0.3 is 0 Å². The second-order valence-electron chi connectivity index (χ2n) is 2.68. The van der Waals surface area contributed by atoms with E-state index in [1.165, 1.54) is 6.33 Å². The standard InChI is InChI=1S/C8H6N4O/c1-2-13-4-7-11-6-3-9-5-10-8(6)12(1)7/h1-5,11H. The molecule has 0 bridgehead atoms. The summed E-state index contributed by atoms with van der Waals surface area (Å²) in [6, 6.07) is 0. The lowest BCUT2D eigenvalue weighted by Crippen LogP contribution is -2.16. The maximum atomic E-state index is 5.02. The Kier molecular flexibility index (Phi) is 1.11. The van der Waals surface area contributed by atoms with Gasteiger partial charge in [0.2, 0.25) is 0 Å². The van der Waals surface area contributed by atoms with Crippen molar-refractivity contribution >= 4 is 11.5 Å². The second-order valence-corrected chi connectivity index (χ2v) is 2.68. The topological polar surface area (TPSA) is 50.3 Å². The van der Waals surface area contributed by atoms with Crippen molar-refractivity contribution in [2.24, 2.45) is 0 Å². The molecule has 0 aliphatic carbocycles. The molecule has 3 heterocycles. The Morgan fingerprint density at radius 2 is 2.46 bits per heavy atom. The van der Waals surface area contributed by atoms with E-state index in [9.17, 15) is 0 Å². The molecule has 0 atom stereocenters. The average Bonchev–Trinajstić information content (AvgIpc) is 2.56. The van der Waals surface area contributed by atoms with Crippen LogP contribution in [0.25, 0.3) is 0 Å². The highest BCUT2D eigenvalue weighted by Gasteiger charge is 2.25. The first kappa shape index (κ1) is 6.47. The Hall–Kier alpha value is -2.04. The molecule has 1 aromatic heterocycles. The lowest BCUT2D eigenvalue weighted by Gasteiger charge is -2.15. The first-order valence-electron chi connectivity index (χ1n) is 3.84. The van der Waals surface area contributed by atoms with Gasteiger partial charge in [-0.3, -0.25) is 4.90 Å². The SMILES string of the molecule is C1=CN2C(=CO1)Nc1cncnc12. The van der Waals surface area contributed by atoms with Crippen molar-refractivity contribution in [1.82, 2.24) is 9.97 Å². The van der Waals surface area contributed by atoms with E-state index in [-0.39, 0.29) is 0 Å². The fourth-order valence-electron chi connectivity index (χ4n) is 1.35. The predicted molar refractivity (Wildman–Crippen MR) is 46.4 cm³/mol. The summed E-state index contributed by atoms with van der Waals surface area (Å²) in [6.45, 7) is 0. The van der Waals surface area contributed by atoms with Gasteiger partial charge < -0.3 is 10.1 Å². The van der Waals surface area contributed by atoms with E-state index in [4.69, 9.17) is 4.74 Å². The number of ether oxygens (including phenoxy) is 1. The van der Waals surface area contributed by atoms with E-state index in [0.29, 0.717) is 0 Å². The van der Waals surface area contributed by atoms with E-state index in [1.807, 2.05) is 4.90 Å². The minimum Gasteiger partial charge on any atom is -0.467 e. The van der Waals surface area contributed by atoms with Gasteiger partial charge in [0.1, 0.15) is 24.5 Å². The van der Waals surface area contributed by atoms with Crippen molar-refractivity contribution in [3.63, 3.8) is 0 Å². The summed E-state index contributed by atoms with van der Waals surface area (Å²) in [7, 11) is 0. The molecule has 0 saturated carbocycles. The summed E-state index contributed by atoms with van der Waals surface area (Å²) in [5.41, 5.74) is 0.893. The minimum absolute atomic E-state index is 0.848. The maximum Gasteiger partial charge on any atom is 0.165 e. The maximum absolute atomic E-state index is 5.02. The Labute approximate surface area is 74.4 Å². The highest BCUT2D eigenvalue weighted by molar-refractivity contribution is 5.78. The third-order valence-corrected chi connectivity index (χ3v) is 1.91. The van der Waals surface area contributed by atoms with Crippen molar-refractivity contribution in [2.45, 2.75) is 0 Å². The Morgan fingerprint density at radius 3 is 3.46 bits per heavy atom. The third-order valence-electron chi connectivity index (χ3n) is 1.91. The lowest BCUT2D eigenvalue weighted by molar-refractivity contribution is 0.389. The fourth-order valence-corrected chi connectivity index (χ4v) is 1.35. The van der Waals surface area contributed by atoms with Gasteiger partial charge in [0.05, 0.1) is 6.20 Å². The summed E-state index contributed by atoms with van der Waals surface area (Å²) >= 11 is 0. The highest BCUT2D eigenvalue weighted by atomic mass is 16.5. The van der Waals surface area contributed by atoms with Crippen molar-refractivity contribution in [1.29, 1.82) is 0 Å². The van der Waals surface area contributed by atoms with E-state index in [2.05, 4.69) is 15.3 Å². The Balaban J connectivity index is 2.16. The van der Waals surface area contributed by atoms with E-state index < -0.39 is 0 Å². The summed E-state index contributed by atoms with van der Waals surface area (Å²) in [4.78, 5) is 9.97. The van der Waals surface area contributed by atoms with Gasteiger partial charge in [0.15, 0.2) is 11.6 Å². The van der Waals surface area contributed by atoms with Crippen LogP contribution in [-0.2, 0) is 4.74 Å². The molecule has 64 valence electrons. The minimum atomic E-state index is 0.848. The van der Waals surface area contributed by atoms with Gasteiger partial charge in [-0.1, -0.05) is 0 Å².